The van der Waals surface area contributed by atoms with Crippen molar-refractivity contribution in [1.29, 1.82) is 0 Å². The zero-order valence-electron chi connectivity index (χ0n) is 13.4. The van der Waals surface area contributed by atoms with Gasteiger partial charge < -0.3 is 10.1 Å². The molecule has 2 heterocycles. The molecule has 114 valence electrons. The Morgan fingerprint density at radius 1 is 1.30 bits per heavy atom. The van der Waals surface area contributed by atoms with E-state index in [-0.39, 0.29) is 0 Å². The molecule has 4 heteroatoms. The third-order valence-electron chi connectivity index (χ3n) is 4.26. The zero-order chi connectivity index (χ0) is 14.5. The lowest BCUT2D eigenvalue weighted by molar-refractivity contribution is 0.184. The summed E-state index contributed by atoms with van der Waals surface area (Å²) in [6.45, 7) is 11.6. The highest BCUT2D eigenvalue weighted by atomic mass is 16.5. The smallest absolute Gasteiger partial charge is 0.0777 e. The minimum atomic E-state index is 0.431. The number of nitrogens with one attached hydrogen (secondary N) is 1. The first kappa shape index (κ1) is 15.5. The molecule has 4 nitrogen and oxygen atoms in total. The molecule has 1 N–H and O–H groups in total. The van der Waals surface area contributed by atoms with Crippen LogP contribution in [0.3, 0.4) is 0 Å². The quantitative estimate of drug-likeness (QED) is 0.834. The summed E-state index contributed by atoms with van der Waals surface area (Å²) >= 11 is 0. The fraction of sp³-hybridized carbons (Fsp3) is 0.812. The van der Waals surface area contributed by atoms with Gasteiger partial charge in [-0.2, -0.15) is 5.10 Å². The standard InChI is InChI=1S/C16H29N3O/c1-5-13(17-8-4)16-14(6-2)18-19(15(16)7-3)12-9-10-20-11-12/h12-13,17H,5-11H2,1-4H3. The molecule has 0 aliphatic carbocycles. The first-order valence-corrected chi connectivity index (χ1v) is 8.17. The lowest BCUT2D eigenvalue weighted by atomic mass is 9.99. The molecule has 1 saturated heterocycles. The number of rotatable bonds is 7. The Morgan fingerprint density at radius 2 is 2.10 bits per heavy atom. The van der Waals surface area contributed by atoms with E-state index < -0.39 is 0 Å². The molecule has 0 amide bonds. The van der Waals surface area contributed by atoms with Gasteiger partial charge in [-0.15, -0.1) is 0 Å². The Labute approximate surface area is 122 Å². The third-order valence-corrected chi connectivity index (χ3v) is 4.26. The number of aryl methyl sites for hydroxylation is 1. The Hall–Kier alpha value is -0.870. The maximum Gasteiger partial charge on any atom is 0.0777 e. The summed E-state index contributed by atoms with van der Waals surface area (Å²) in [7, 11) is 0. The van der Waals surface area contributed by atoms with Gasteiger partial charge in [0.1, 0.15) is 0 Å². The molecule has 2 rings (SSSR count). The second-order valence-electron chi connectivity index (χ2n) is 5.49. The van der Waals surface area contributed by atoms with Crippen LogP contribution in [0.15, 0.2) is 0 Å². The number of ether oxygens (including phenoxy) is 1. The summed E-state index contributed by atoms with van der Waals surface area (Å²) in [5, 5.41) is 8.55. The minimum absolute atomic E-state index is 0.431. The van der Waals surface area contributed by atoms with Crippen molar-refractivity contribution < 1.29 is 4.74 Å². The van der Waals surface area contributed by atoms with Crippen LogP contribution in [-0.4, -0.2) is 29.5 Å². The number of aromatic nitrogens is 2. The van der Waals surface area contributed by atoms with Gasteiger partial charge in [-0.1, -0.05) is 27.7 Å². The van der Waals surface area contributed by atoms with Crippen molar-refractivity contribution in [3.05, 3.63) is 17.0 Å². The van der Waals surface area contributed by atoms with Crippen molar-refractivity contribution in [2.24, 2.45) is 0 Å². The molecular weight excluding hydrogens is 250 g/mol. The van der Waals surface area contributed by atoms with Crippen molar-refractivity contribution in [3.8, 4) is 0 Å². The average Bonchev–Trinajstić information content (AvgIpc) is 3.10. The summed E-state index contributed by atoms with van der Waals surface area (Å²) < 4.78 is 7.82. The van der Waals surface area contributed by atoms with Gasteiger partial charge in [0.05, 0.1) is 18.3 Å². The largest absolute Gasteiger partial charge is 0.379 e. The Morgan fingerprint density at radius 3 is 2.60 bits per heavy atom. The van der Waals surface area contributed by atoms with Crippen LogP contribution in [-0.2, 0) is 17.6 Å². The Balaban J connectivity index is 2.41. The van der Waals surface area contributed by atoms with Crippen molar-refractivity contribution in [3.63, 3.8) is 0 Å². The normalized spacial score (nSPS) is 20.5. The number of nitrogens with zero attached hydrogens (tertiary/aromatic N) is 2. The topological polar surface area (TPSA) is 39.1 Å². The van der Waals surface area contributed by atoms with Crippen LogP contribution in [0, 0.1) is 0 Å². The highest BCUT2D eigenvalue weighted by Crippen LogP contribution is 2.30. The maximum atomic E-state index is 5.55. The molecule has 20 heavy (non-hydrogen) atoms. The molecular formula is C16H29N3O. The van der Waals surface area contributed by atoms with Crippen LogP contribution >= 0.6 is 0 Å². The molecule has 0 bridgehead atoms. The van der Waals surface area contributed by atoms with E-state index in [1.807, 2.05) is 0 Å². The summed E-state index contributed by atoms with van der Waals surface area (Å²) in [5.41, 5.74) is 4.12. The fourth-order valence-electron chi connectivity index (χ4n) is 3.26. The second-order valence-corrected chi connectivity index (χ2v) is 5.49. The summed E-state index contributed by atoms with van der Waals surface area (Å²) in [6, 6.07) is 0.865. The lowest BCUT2D eigenvalue weighted by Gasteiger charge is -2.19. The molecule has 2 atom stereocenters. The van der Waals surface area contributed by atoms with E-state index in [1.165, 1.54) is 17.0 Å². The molecule has 1 aliphatic rings. The van der Waals surface area contributed by atoms with E-state index in [4.69, 9.17) is 9.84 Å². The maximum absolute atomic E-state index is 5.55. The van der Waals surface area contributed by atoms with Crippen LogP contribution in [0.2, 0.25) is 0 Å². The molecule has 0 radical (unpaired) electrons. The van der Waals surface area contributed by atoms with Crippen LogP contribution in [0.1, 0.15) is 69.6 Å². The molecule has 1 aliphatic heterocycles. The van der Waals surface area contributed by atoms with E-state index >= 15 is 0 Å². The predicted molar refractivity (Wildman–Crippen MR) is 82.2 cm³/mol. The van der Waals surface area contributed by atoms with E-state index in [0.717, 1.165) is 45.4 Å². The van der Waals surface area contributed by atoms with Gasteiger partial charge in [-0.3, -0.25) is 4.68 Å². The van der Waals surface area contributed by atoms with Gasteiger partial charge in [0.2, 0.25) is 0 Å². The van der Waals surface area contributed by atoms with E-state index in [1.54, 1.807) is 0 Å². The molecule has 1 aromatic rings. The van der Waals surface area contributed by atoms with Gasteiger partial charge in [0.25, 0.3) is 0 Å². The van der Waals surface area contributed by atoms with Crippen LogP contribution in [0.4, 0.5) is 0 Å². The van der Waals surface area contributed by atoms with Crippen LogP contribution < -0.4 is 5.32 Å². The van der Waals surface area contributed by atoms with Crippen molar-refractivity contribution in [1.82, 2.24) is 15.1 Å². The van der Waals surface area contributed by atoms with Gasteiger partial charge in [-0.25, -0.2) is 0 Å². The second kappa shape index (κ2) is 7.23. The first-order valence-electron chi connectivity index (χ1n) is 8.17. The number of hydrogen-bond acceptors (Lipinski definition) is 3. The van der Waals surface area contributed by atoms with Crippen LogP contribution in [0.5, 0.6) is 0 Å². The van der Waals surface area contributed by atoms with Gasteiger partial charge >= 0.3 is 0 Å². The van der Waals surface area contributed by atoms with Crippen molar-refractivity contribution in [2.75, 3.05) is 19.8 Å². The zero-order valence-corrected chi connectivity index (χ0v) is 13.4. The fourth-order valence-corrected chi connectivity index (χ4v) is 3.26. The van der Waals surface area contributed by atoms with Crippen LogP contribution in [0.25, 0.3) is 0 Å². The van der Waals surface area contributed by atoms with Gasteiger partial charge in [-0.05, 0) is 32.2 Å². The summed E-state index contributed by atoms with van der Waals surface area (Å²) in [5.74, 6) is 0. The average molecular weight is 279 g/mol. The van der Waals surface area contributed by atoms with Crippen molar-refractivity contribution in [2.45, 2.75) is 65.5 Å². The lowest BCUT2D eigenvalue weighted by Crippen LogP contribution is -2.22. The van der Waals surface area contributed by atoms with E-state index in [0.29, 0.717) is 12.1 Å². The summed E-state index contributed by atoms with van der Waals surface area (Å²) in [6.07, 6.45) is 4.25. The highest BCUT2D eigenvalue weighted by Gasteiger charge is 2.27. The van der Waals surface area contributed by atoms with Gasteiger partial charge in [0.15, 0.2) is 0 Å². The molecule has 0 aromatic carbocycles. The Bertz CT molecular complexity index is 422. The highest BCUT2D eigenvalue weighted by molar-refractivity contribution is 5.31. The Kier molecular flexibility index (Phi) is 5.61. The van der Waals surface area contributed by atoms with E-state index in [2.05, 4.69) is 37.7 Å². The number of hydrogen-bond donors (Lipinski definition) is 1. The first-order chi connectivity index (χ1) is 9.76. The molecule has 1 aromatic heterocycles. The SMILES string of the molecule is CCNC(CC)c1c(CC)nn(C2CCOC2)c1CC. The molecule has 2 unspecified atom stereocenters. The van der Waals surface area contributed by atoms with Crippen molar-refractivity contribution >= 4 is 0 Å². The third kappa shape index (κ3) is 2.91. The van der Waals surface area contributed by atoms with E-state index in [9.17, 15) is 0 Å². The molecule has 0 saturated carbocycles. The van der Waals surface area contributed by atoms with Gasteiger partial charge in [0, 0.05) is 23.9 Å². The molecule has 0 spiro atoms. The molecule has 1 fully saturated rings. The summed E-state index contributed by atoms with van der Waals surface area (Å²) in [4.78, 5) is 0. The predicted octanol–water partition coefficient (Wildman–Crippen LogP) is 3.03. The minimum Gasteiger partial charge on any atom is -0.379 e. The monoisotopic (exact) mass is 279 g/mol.